The van der Waals surface area contributed by atoms with E-state index in [0.29, 0.717) is 10.6 Å². The molecular weight excluding hydrogens is 303 g/mol. The first-order valence-corrected chi connectivity index (χ1v) is 6.72. The molecule has 0 fully saturated rings. The fraction of sp³-hybridized carbons (Fsp3) is 0.214. The van der Waals surface area contributed by atoms with Gasteiger partial charge in [-0.2, -0.15) is 13.2 Å². The summed E-state index contributed by atoms with van der Waals surface area (Å²) in [6, 6.07) is 7.60. The van der Waals surface area contributed by atoms with Gasteiger partial charge in [0.1, 0.15) is 5.75 Å². The van der Waals surface area contributed by atoms with E-state index in [-0.39, 0.29) is 4.90 Å². The zero-order valence-corrected chi connectivity index (χ0v) is 12.1. The summed E-state index contributed by atoms with van der Waals surface area (Å²) >= 11 is 0.989. The van der Waals surface area contributed by atoms with Gasteiger partial charge in [-0.1, -0.05) is 11.8 Å². The average molecular weight is 315 g/mol. The molecule has 0 radical (unpaired) electrons. The van der Waals surface area contributed by atoms with E-state index in [0.717, 1.165) is 28.6 Å². The van der Waals surface area contributed by atoms with Crippen LogP contribution in [0.1, 0.15) is 5.56 Å². The van der Waals surface area contributed by atoms with Crippen LogP contribution in [0.2, 0.25) is 0 Å². The number of aromatic nitrogens is 1. The summed E-state index contributed by atoms with van der Waals surface area (Å²) in [5, 5.41) is 0. The van der Waals surface area contributed by atoms with Gasteiger partial charge in [-0.3, -0.25) is 4.79 Å². The number of hydrogen-bond donors (Lipinski definition) is 0. The lowest BCUT2D eigenvalue weighted by atomic mass is 10.3. The molecule has 0 aliphatic carbocycles. The molecule has 0 saturated heterocycles. The molecule has 21 heavy (non-hydrogen) atoms. The fourth-order valence-electron chi connectivity index (χ4n) is 1.68. The smallest absolute Gasteiger partial charge is 0.417 e. The summed E-state index contributed by atoms with van der Waals surface area (Å²) in [5.74, 6) is 0.635. The van der Waals surface area contributed by atoms with Crippen LogP contribution in [-0.2, 0) is 13.2 Å². The summed E-state index contributed by atoms with van der Waals surface area (Å²) in [4.78, 5) is 12.6. The first-order valence-electron chi connectivity index (χ1n) is 5.91. The molecule has 0 amide bonds. The highest BCUT2D eigenvalue weighted by Crippen LogP contribution is 2.33. The molecule has 2 aromatic rings. The second-order valence-electron chi connectivity index (χ2n) is 4.28. The zero-order chi connectivity index (χ0) is 15.6. The monoisotopic (exact) mass is 315 g/mol. The van der Waals surface area contributed by atoms with E-state index in [2.05, 4.69) is 0 Å². The van der Waals surface area contributed by atoms with Gasteiger partial charge in [-0.05, 0) is 30.3 Å². The summed E-state index contributed by atoms with van der Waals surface area (Å²) in [7, 11) is 2.82. The van der Waals surface area contributed by atoms with Crippen LogP contribution in [0.4, 0.5) is 13.2 Å². The van der Waals surface area contributed by atoms with Crippen LogP contribution < -0.4 is 10.3 Å². The van der Waals surface area contributed by atoms with Gasteiger partial charge in [0.05, 0.1) is 17.6 Å². The first kappa shape index (κ1) is 15.5. The van der Waals surface area contributed by atoms with Crippen LogP contribution in [0.5, 0.6) is 5.75 Å². The Morgan fingerprint density at radius 2 is 1.81 bits per heavy atom. The molecule has 1 aromatic carbocycles. The van der Waals surface area contributed by atoms with Crippen LogP contribution in [-0.4, -0.2) is 11.7 Å². The molecule has 2 rings (SSSR count). The quantitative estimate of drug-likeness (QED) is 0.868. The Bertz CT molecular complexity index is 693. The molecule has 0 spiro atoms. The van der Waals surface area contributed by atoms with Crippen LogP contribution in [0.25, 0.3) is 0 Å². The number of aryl methyl sites for hydroxylation is 1. The summed E-state index contributed by atoms with van der Waals surface area (Å²) in [6.45, 7) is 0. The summed E-state index contributed by atoms with van der Waals surface area (Å²) in [6.07, 6.45) is -3.69. The van der Waals surface area contributed by atoms with Crippen molar-refractivity contribution < 1.29 is 17.9 Å². The highest BCUT2D eigenvalue weighted by molar-refractivity contribution is 7.99. The Morgan fingerprint density at radius 3 is 2.33 bits per heavy atom. The summed E-state index contributed by atoms with van der Waals surface area (Å²) < 4.78 is 44.3. The minimum atomic E-state index is -4.49. The van der Waals surface area contributed by atoms with E-state index in [9.17, 15) is 18.0 Å². The molecule has 0 bridgehead atoms. The first-order chi connectivity index (χ1) is 9.81. The molecule has 0 saturated carbocycles. The van der Waals surface area contributed by atoms with E-state index in [1.54, 1.807) is 24.3 Å². The third kappa shape index (κ3) is 3.60. The number of benzene rings is 1. The van der Waals surface area contributed by atoms with Gasteiger partial charge >= 0.3 is 6.18 Å². The van der Waals surface area contributed by atoms with Crippen molar-refractivity contribution in [1.29, 1.82) is 0 Å². The highest BCUT2D eigenvalue weighted by Gasteiger charge is 2.32. The molecule has 1 heterocycles. The minimum absolute atomic E-state index is 0.0255. The third-order valence-electron chi connectivity index (χ3n) is 2.77. The van der Waals surface area contributed by atoms with E-state index in [4.69, 9.17) is 4.74 Å². The topological polar surface area (TPSA) is 31.2 Å². The molecule has 0 unspecified atom stereocenters. The molecule has 1 aromatic heterocycles. The van der Waals surface area contributed by atoms with Crippen LogP contribution >= 0.6 is 11.8 Å². The molecule has 112 valence electrons. The zero-order valence-electron chi connectivity index (χ0n) is 11.3. The van der Waals surface area contributed by atoms with Gasteiger partial charge in [0.15, 0.2) is 0 Å². The number of alkyl halides is 3. The van der Waals surface area contributed by atoms with Gasteiger partial charge in [0.25, 0.3) is 5.56 Å². The number of halogens is 3. The maximum atomic E-state index is 12.8. The third-order valence-corrected chi connectivity index (χ3v) is 3.79. The second kappa shape index (κ2) is 5.85. The lowest BCUT2D eigenvalue weighted by Gasteiger charge is -2.11. The number of nitrogens with zero attached hydrogens (tertiary/aromatic N) is 1. The Labute approximate surface area is 123 Å². The van der Waals surface area contributed by atoms with Gasteiger partial charge in [-0.15, -0.1) is 0 Å². The minimum Gasteiger partial charge on any atom is -0.497 e. The number of rotatable bonds is 3. The van der Waals surface area contributed by atoms with Crippen molar-refractivity contribution in [3.8, 4) is 5.75 Å². The standard InChI is InChI=1S/C14H12F3NO2S/c1-18-8-9(14(15,16)17)7-12(13(18)19)21-11-5-3-10(20-2)4-6-11/h3-8H,1-2H3. The number of pyridine rings is 1. The van der Waals surface area contributed by atoms with Crippen molar-refractivity contribution in [1.82, 2.24) is 4.57 Å². The molecule has 0 atom stereocenters. The van der Waals surface area contributed by atoms with Crippen molar-refractivity contribution in [2.24, 2.45) is 7.05 Å². The molecule has 0 N–H and O–H groups in total. The van der Waals surface area contributed by atoms with Crippen molar-refractivity contribution in [3.63, 3.8) is 0 Å². The predicted molar refractivity (Wildman–Crippen MR) is 73.8 cm³/mol. The maximum Gasteiger partial charge on any atom is 0.417 e. The summed E-state index contributed by atoms with van der Waals surface area (Å²) in [5.41, 5.74) is -1.32. The SMILES string of the molecule is COc1ccc(Sc2cc(C(F)(F)F)cn(C)c2=O)cc1. The number of ether oxygens (including phenoxy) is 1. The fourth-order valence-corrected chi connectivity index (χ4v) is 2.62. The van der Waals surface area contributed by atoms with E-state index < -0.39 is 17.3 Å². The predicted octanol–water partition coefficient (Wildman–Crippen LogP) is 3.56. The van der Waals surface area contributed by atoms with E-state index in [1.165, 1.54) is 14.2 Å². The largest absolute Gasteiger partial charge is 0.497 e. The molecular formula is C14H12F3NO2S. The Balaban J connectivity index is 2.38. The average Bonchev–Trinajstić information content (AvgIpc) is 2.43. The normalized spacial score (nSPS) is 11.5. The van der Waals surface area contributed by atoms with Crippen LogP contribution in [0, 0.1) is 0 Å². The van der Waals surface area contributed by atoms with Crippen molar-refractivity contribution in [2.45, 2.75) is 16.0 Å². The number of methoxy groups -OCH3 is 1. The van der Waals surface area contributed by atoms with Gasteiger partial charge in [0.2, 0.25) is 0 Å². The Kier molecular flexibility index (Phi) is 4.32. The maximum absolute atomic E-state index is 12.8. The van der Waals surface area contributed by atoms with Crippen LogP contribution in [0.3, 0.4) is 0 Å². The molecule has 7 heteroatoms. The Morgan fingerprint density at radius 1 is 1.19 bits per heavy atom. The molecule has 0 aliphatic heterocycles. The molecule has 0 aliphatic rings. The number of hydrogen-bond acceptors (Lipinski definition) is 3. The Hall–Kier alpha value is -1.89. The van der Waals surface area contributed by atoms with Crippen molar-refractivity contribution in [2.75, 3.05) is 7.11 Å². The molecule has 3 nitrogen and oxygen atoms in total. The van der Waals surface area contributed by atoms with Gasteiger partial charge in [-0.25, -0.2) is 0 Å². The van der Waals surface area contributed by atoms with E-state index >= 15 is 0 Å². The lowest BCUT2D eigenvalue weighted by molar-refractivity contribution is -0.138. The van der Waals surface area contributed by atoms with Gasteiger partial charge < -0.3 is 9.30 Å². The second-order valence-corrected chi connectivity index (χ2v) is 5.40. The van der Waals surface area contributed by atoms with Crippen molar-refractivity contribution in [3.05, 3.63) is 52.4 Å². The van der Waals surface area contributed by atoms with Crippen molar-refractivity contribution >= 4 is 11.8 Å². The van der Waals surface area contributed by atoms with E-state index in [1.807, 2.05) is 0 Å². The van der Waals surface area contributed by atoms with Gasteiger partial charge in [0, 0.05) is 18.1 Å². The highest BCUT2D eigenvalue weighted by atomic mass is 32.2. The van der Waals surface area contributed by atoms with Crippen LogP contribution in [0.15, 0.2) is 51.1 Å². The lowest BCUT2D eigenvalue weighted by Crippen LogP contribution is -2.21.